The summed E-state index contributed by atoms with van der Waals surface area (Å²) in [7, 11) is -3.34. The molecule has 1 aromatic heterocycles. The van der Waals surface area contributed by atoms with Gasteiger partial charge in [-0.05, 0) is 49.4 Å². The van der Waals surface area contributed by atoms with Crippen molar-refractivity contribution in [2.24, 2.45) is 0 Å². The van der Waals surface area contributed by atoms with Crippen molar-refractivity contribution >= 4 is 10.0 Å². The number of alkyl halides is 3. The maximum Gasteiger partial charge on any atom is 0.435 e. The molecular formula is C17H20F3N3O2S. The highest BCUT2D eigenvalue weighted by atomic mass is 32.2. The van der Waals surface area contributed by atoms with E-state index in [-0.39, 0.29) is 12.6 Å². The Labute approximate surface area is 150 Å². The van der Waals surface area contributed by atoms with E-state index in [1.54, 1.807) is 13.8 Å². The molecule has 1 N–H and O–H groups in total. The second-order valence-corrected chi connectivity index (χ2v) is 9.08. The largest absolute Gasteiger partial charge is 0.435 e. The fourth-order valence-corrected chi connectivity index (χ4v) is 3.91. The fourth-order valence-electron chi connectivity index (χ4n) is 3.01. The van der Waals surface area contributed by atoms with Crippen molar-refractivity contribution in [2.45, 2.75) is 50.7 Å². The van der Waals surface area contributed by atoms with Gasteiger partial charge in [0.15, 0.2) is 5.69 Å². The molecule has 0 fully saturated rings. The Morgan fingerprint density at radius 1 is 1.23 bits per heavy atom. The summed E-state index contributed by atoms with van der Waals surface area (Å²) >= 11 is 0. The normalized spacial score (nSPS) is 17.7. The van der Waals surface area contributed by atoms with E-state index in [2.05, 4.69) is 9.82 Å². The third-order valence-electron chi connectivity index (χ3n) is 4.43. The van der Waals surface area contributed by atoms with Gasteiger partial charge in [-0.25, -0.2) is 13.1 Å². The van der Waals surface area contributed by atoms with Crippen LogP contribution in [0.4, 0.5) is 13.2 Å². The van der Waals surface area contributed by atoms with Crippen LogP contribution in [0.3, 0.4) is 0 Å². The molecule has 0 aliphatic heterocycles. The molecule has 0 spiro atoms. The highest BCUT2D eigenvalue weighted by molar-refractivity contribution is 7.90. The first-order chi connectivity index (χ1) is 12.0. The van der Waals surface area contributed by atoms with Crippen LogP contribution in [0.1, 0.15) is 36.2 Å². The summed E-state index contributed by atoms with van der Waals surface area (Å²) in [6.45, 7) is 3.48. The number of nitrogens with one attached hydrogen (secondary N) is 1. The molecule has 1 aromatic carbocycles. The summed E-state index contributed by atoms with van der Waals surface area (Å²) in [5.74, 6) is 0. The van der Waals surface area contributed by atoms with E-state index >= 15 is 0 Å². The van der Waals surface area contributed by atoms with E-state index in [1.807, 2.05) is 18.2 Å². The van der Waals surface area contributed by atoms with Gasteiger partial charge in [0.25, 0.3) is 0 Å². The second-order valence-electron chi connectivity index (χ2n) is 6.82. The van der Waals surface area contributed by atoms with Gasteiger partial charge in [0.05, 0.1) is 11.8 Å². The average molecular weight is 387 g/mol. The van der Waals surface area contributed by atoms with Gasteiger partial charge < -0.3 is 0 Å². The predicted octanol–water partition coefficient (Wildman–Crippen LogP) is 2.75. The molecule has 0 bridgehead atoms. The summed E-state index contributed by atoms with van der Waals surface area (Å²) in [5.41, 5.74) is 1.98. The predicted molar refractivity (Wildman–Crippen MR) is 91.2 cm³/mol. The lowest BCUT2D eigenvalue weighted by Gasteiger charge is -2.14. The molecule has 142 valence electrons. The van der Waals surface area contributed by atoms with Gasteiger partial charge in [0, 0.05) is 12.2 Å². The molecule has 26 heavy (non-hydrogen) atoms. The molecule has 1 heterocycles. The Morgan fingerprint density at radius 2 is 1.92 bits per heavy atom. The zero-order valence-corrected chi connectivity index (χ0v) is 15.2. The smallest absolute Gasteiger partial charge is 0.268 e. The Morgan fingerprint density at radius 3 is 2.54 bits per heavy atom. The minimum atomic E-state index is -4.45. The van der Waals surface area contributed by atoms with Crippen molar-refractivity contribution in [3.8, 4) is 0 Å². The monoisotopic (exact) mass is 387 g/mol. The van der Waals surface area contributed by atoms with Gasteiger partial charge in [-0.1, -0.05) is 18.2 Å². The summed E-state index contributed by atoms with van der Waals surface area (Å²) in [4.78, 5) is 0. The van der Waals surface area contributed by atoms with Crippen LogP contribution in [0, 0.1) is 0 Å². The summed E-state index contributed by atoms with van der Waals surface area (Å²) < 4.78 is 65.9. The molecule has 0 radical (unpaired) electrons. The lowest BCUT2D eigenvalue weighted by molar-refractivity contribution is -0.141. The number of rotatable bonds is 5. The van der Waals surface area contributed by atoms with Crippen LogP contribution in [0.15, 0.2) is 30.5 Å². The minimum Gasteiger partial charge on any atom is -0.268 e. The Kier molecular flexibility index (Phi) is 4.87. The molecule has 1 aliphatic carbocycles. The molecule has 3 rings (SSSR count). The number of sulfonamides is 1. The van der Waals surface area contributed by atoms with E-state index in [4.69, 9.17) is 0 Å². The first-order valence-electron chi connectivity index (χ1n) is 8.27. The Hall–Kier alpha value is -1.87. The first kappa shape index (κ1) is 18.9. The molecule has 2 aromatic rings. The lowest BCUT2D eigenvalue weighted by Crippen LogP contribution is -2.39. The van der Waals surface area contributed by atoms with Crippen molar-refractivity contribution in [1.82, 2.24) is 14.5 Å². The van der Waals surface area contributed by atoms with Gasteiger partial charge in [-0.3, -0.25) is 4.68 Å². The first-order valence-corrected chi connectivity index (χ1v) is 9.82. The molecular weight excluding hydrogens is 367 g/mol. The molecule has 5 nitrogen and oxygen atoms in total. The van der Waals surface area contributed by atoms with Gasteiger partial charge >= 0.3 is 6.18 Å². The lowest BCUT2D eigenvalue weighted by atomic mass is 10.1. The molecule has 1 atom stereocenters. The third kappa shape index (κ3) is 4.09. The van der Waals surface area contributed by atoms with Crippen molar-refractivity contribution in [3.05, 3.63) is 52.8 Å². The van der Waals surface area contributed by atoms with Crippen LogP contribution in [-0.4, -0.2) is 29.5 Å². The minimum absolute atomic E-state index is 0.186. The summed E-state index contributed by atoms with van der Waals surface area (Å²) in [6, 6.07) is 6.42. The highest BCUT2D eigenvalue weighted by Crippen LogP contribution is 2.28. The average Bonchev–Trinajstić information content (AvgIpc) is 3.12. The molecule has 0 saturated heterocycles. The molecule has 0 amide bonds. The van der Waals surface area contributed by atoms with Crippen molar-refractivity contribution in [1.29, 1.82) is 0 Å². The van der Waals surface area contributed by atoms with Crippen LogP contribution in [0.25, 0.3) is 0 Å². The van der Waals surface area contributed by atoms with Crippen LogP contribution in [0.5, 0.6) is 0 Å². The number of nitrogens with zero attached hydrogens (tertiary/aromatic N) is 2. The van der Waals surface area contributed by atoms with Crippen molar-refractivity contribution < 1.29 is 21.6 Å². The number of benzene rings is 1. The van der Waals surface area contributed by atoms with Crippen LogP contribution >= 0.6 is 0 Å². The summed E-state index contributed by atoms with van der Waals surface area (Å²) in [5, 5.41) is 3.06. The topological polar surface area (TPSA) is 64.0 Å². The van der Waals surface area contributed by atoms with E-state index in [1.165, 1.54) is 10.9 Å². The van der Waals surface area contributed by atoms with Gasteiger partial charge in [0.2, 0.25) is 10.0 Å². The SMILES string of the molecule is CC(C)S(=O)(=O)NC1Cc2ccc(Cn3ccc(C(F)(F)F)n3)cc2C1. The molecule has 0 saturated carbocycles. The number of fused-ring (bicyclic) bond motifs is 1. The Bertz CT molecular complexity index is 904. The molecule has 1 unspecified atom stereocenters. The zero-order valence-electron chi connectivity index (χ0n) is 14.4. The van der Waals surface area contributed by atoms with Crippen LogP contribution < -0.4 is 4.72 Å². The second kappa shape index (κ2) is 6.70. The standard InChI is InChI=1S/C17H20F3N3O2S/c1-11(2)26(24,25)22-15-8-13-4-3-12(7-14(13)9-15)10-23-6-5-16(21-23)17(18,19)20/h3-7,11,15,22H,8-10H2,1-2H3. The van der Waals surface area contributed by atoms with Gasteiger partial charge in [-0.15, -0.1) is 0 Å². The maximum atomic E-state index is 12.6. The van der Waals surface area contributed by atoms with Crippen LogP contribution in [-0.2, 0) is 35.6 Å². The number of hydrogen-bond acceptors (Lipinski definition) is 3. The Balaban J connectivity index is 1.70. The van der Waals surface area contributed by atoms with Crippen molar-refractivity contribution in [3.63, 3.8) is 0 Å². The molecule has 9 heteroatoms. The number of hydrogen-bond donors (Lipinski definition) is 1. The zero-order chi connectivity index (χ0) is 19.1. The van der Waals surface area contributed by atoms with E-state index in [0.717, 1.165) is 22.8 Å². The van der Waals surface area contributed by atoms with E-state index < -0.39 is 27.1 Å². The van der Waals surface area contributed by atoms with Crippen LogP contribution in [0.2, 0.25) is 0 Å². The van der Waals surface area contributed by atoms with E-state index in [0.29, 0.717) is 12.8 Å². The highest BCUT2D eigenvalue weighted by Gasteiger charge is 2.33. The van der Waals surface area contributed by atoms with Crippen molar-refractivity contribution in [2.75, 3.05) is 0 Å². The molecule has 1 aliphatic rings. The quantitative estimate of drug-likeness (QED) is 0.858. The fraction of sp³-hybridized carbons (Fsp3) is 0.471. The summed E-state index contributed by atoms with van der Waals surface area (Å²) in [6.07, 6.45) is -1.97. The number of halogens is 3. The van der Waals surface area contributed by atoms with E-state index in [9.17, 15) is 21.6 Å². The maximum absolute atomic E-state index is 12.6. The number of aromatic nitrogens is 2. The van der Waals surface area contributed by atoms with Gasteiger partial charge in [-0.2, -0.15) is 18.3 Å². The third-order valence-corrected chi connectivity index (χ3v) is 6.33. The van der Waals surface area contributed by atoms with Gasteiger partial charge in [0.1, 0.15) is 0 Å².